The maximum atomic E-state index is 11.3. The molecule has 4 heteroatoms. The monoisotopic (exact) mass is 284 g/mol. The Hall–Kier alpha value is -1.29. The largest absolute Gasteiger partial charge is 0.496 e. The van der Waals surface area contributed by atoms with Gasteiger partial charge in [0.05, 0.1) is 19.8 Å². The van der Waals surface area contributed by atoms with Crippen molar-refractivity contribution in [2.45, 2.75) is 6.92 Å². The minimum atomic E-state index is -0.403. The van der Waals surface area contributed by atoms with E-state index < -0.39 is 5.97 Å². The normalized spacial score (nSPS) is 11.1. The van der Waals surface area contributed by atoms with E-state index >= 15 is 0 Å². The highest BCUT2D eigenvalue weighted by Crippen LogP contribution is 2.19. The van der Waals surface area contributed by atoms with Crippen LogP contribution >= 0.6 is 15.9 Å². The van der Waals surface area contributed by atoms with Gasteiger partial charge in [0.2, 0.25) is 0 Å². The van der Waals surface area contributed by atoms with Gasteiger partial charge < -0.3 is 9.47 Å². The molecule has 0 atom stereocenters. The first-order valence-corrected chi connectivity index (χ1v) is 5.65. The van der Waals surface area contributed by atoms with Gasteiger partial charge in [0, 0.05) is 10.0 Å². The van der Waals surface area contributed by atoms with Crippen LogP contribution in [0.5, 0.6) is 0 Å². The summed E-state index contributed by atoms with van der Waals surface area (Å²) in [7, 11) is 1.52. The van der Waals surface area contributed by atoms with Crippen molar-refractivity contribution in [3.8, 4) is 0 Å². The molecule has 0 unspecified atom stereocenters. The molecule has 86 valence electrons. The molecule has 1 aromatic carbocycles. The summed E-state index contributed by atoms with van der Waals surface area (Å²) in [6.07, 6.45) is 1.34. The Morgan fingerprint density at radius 1 is 1.50 bits per heavy atom. The predicted octanol–water partition coefficient (Wildman–Crippen LogP) is 3.00. The Labute approximate surface area is 103 Å². The predicted molar refractivity (Wildman–Crippen MR) is 65.8 cm³/mol. The molecule has 0 N–H and O–H groups in total. The lowest BCUT2D eigenvalue weighted by atomic mass is 10.2. The molecule has 0 aliphatic rings. The number of benzene rings is 1. The fourth-order valence-corrected chi connectivity index (χ4v) is 1.59. The fourth-order valence-electron chi connectivity index (χ4n) is 1.19. The number of carbonyl (C=O) groups excluding carboxylic acids is 1. The van der Waals surface area contributed by atoms with Gasteiger partial charge in [-0.05, 0) is 19.1 Å². The molecule has 1 aromatic rings. The molecule has 0 radical (unpaired) electrons. The van der Waals surface area contributed by atoms with Crippen LogP contribution in [0.3, 0.4) is 0 Å². The summed E-state index contributed by atoms with van der Waals surface area (Å²) in [6, 6.07) is 7.51. The van der Waals surface area contributed by atoms with Crippen molar-refractivity contribution in [1.29, 1.82) is 0 Å². The van der Waals surface area contributed by atoms with Gasteiger partial charge in [-0.3, -0.25) is 0 Å². The van der Waals surface area contributed by atoms with Gasteiger partial charge in [0.25, 0.3) is 0 Å². The number of halogens is 1. The molecule has 0 spiro atoms. The van der Waals surface area contributed by atoms with E-state index in [0.717, 1.165) is 10.0 Å². The van der Waals surface area contributed by atoms with Gasteiger partial charge in [-0.15, -0.1) is 0 Å². The zero-order valence-electron chi connectivity index (χ0n) is 9.20. The molecule has 1 rings (SSSR count). The third kappa shape index (κ3) is 3.70. The molecule has 0 saturated carbocycles. The van der Waals surface area contributed by atoms with Crippen LogP contribution in [-0.2, 0) is 14.3 Å². The van der Waals surface area contributed by atoms with Crippen LogP contribution in [0.15, 0.2) is 34.8 Å². The van der Waals surface area contributed by atoms with Gasteiger partial charge >= 0.3 is 5.97 Å². The van der Waals surface area contributed by atoms with Gasteiger partial charge in [0.15, 0.2) is 0 Å². The van der Waals surface area contributed by atoms with Gasteiger partial charge in [-0.25, -0.2) is 4.79 Å². The van der Waals surface area contributed by atoms with Crippen molar-refractivity contribution in [3.05, 3.63) is 40.4 Å². The fraction of sp³-hybridized carbons (Fsp3) is 0.250. The number of ether oxygens (including phenoxy) is 2. The summed E-state index contributed by atoms with van der Waals surface area (Å²) in [5, 5.41) is 0. The molecule has 0 aromatic heterocycles. The molecular formula is C12H13BrO3. The topological polar surface area (TPSA) is 35.5 Å². The Morgan fingerprint density at radius 3 is 2.81 bits per heavy atom. The van der Waals surface area contributed by atoms with Crippen LogP contribution in [0.25, 0.3) is 5.76 Å². The van der Waals surface area contributed by atoms with E-state index in [9.17, 15) is 4.79 Å². The lowest BCUT2D eigenvalue weighted by molar-refractivity contribution is -0.137. The third-order valence-electron chi connectivity index (χ3n) is 1.86. The Bertz CT molecular complexity index is 399. The molecule has 0 fully saturated rings. The van der Waals surface area contributed by atoms with E-state index in [4.69, 9.17) is 9.47 Å². The maximum absolute atomic E-state index is 11.3. The number of esters is 1. The number of methoxy groups -OCH3 is 1. The number of rotatable bonds is 4. The Morgan fingerprint density at radius 2 is 2.25 bits per heavy atom. The first kappa shape index (κ1) is 12.8. The van der Waals surface area contributed by atoms with Gasteiger partial charge in [0.1, 0.15) is 5.76 Å². The maximum Gasteiger partial charge on any atom is 0.334 e. The average molecular weight is 285 g/mol. The third-order valence-corrected chi connectivity index (χ3v) is 2.36. The second kappa shape index (κ2) is 6.33. The second-order valence-corrected chi connectivity index (χ2v) is 3.89. The van der Waals surface area contributed by atoms with E-state index in [0.29, 0.717) is 12.4 Å². The van der Waals surface area contributed by atoms with E-state index in [1.54, 1.807) is 6.92 Å². The van der Waals surface area contributed by atoms with Crippen molar-refractivity contribution in [3.63, 3.8) is 0 Å². The highest BCUT2D eigenvalue weighted by atomic mass is 79.9. The molecule has 3 nitrogen and oxygen atoms in total. The van der Waals surface area contributed by atoms with E-state index in [2.05, 4.69) is 15.9 Å². The SMILES string of the molecule is CCOC(=O)/C=C(/OC)c1cccc(Br)c1. The van der Waals surface area contributed by atoms with Crippen molar-refractivity contribution in [2.24, 2.45) is 0 Å². The summed E-state index contributed by atoms with van der Waals surface area (Å²) >= 11 is 3.36. The molecule has 16 heavy (non-hydrogen) atoms. The van der Waals surface area contributed by atoms with E-state index in [1.165, 1.54) is 13.2 Å². The second-order valence-electron chi connectivity index (χ2n) is 2.98. The highest BCUT2D eigenvalue weighted by molar-refractivity contribution is 9.10. The summed E-state index contributed by atoms with van der Waals surface area (Å²) in [4.78, 5) is 11.3. The summed E-state index contributed by atoms with van der Waals surface area (Å²) in [5.41, 5.74) is 0.824. The van der Waals surface area contributed by atoms with Gasteiger partial charge in [-0.2, -0.15) is 0 Å². The summed E-state index contributed by atoms with van der Waals surface area (Å²) < 4.78 is 10.9. The molecule has 0 amide bonds. The van der Waals surface area contributed by atoms with E-state index in [1.807, 2.05) is 24.3 Å². The first-order chi connectivity index (χ1) is 7.67. The quantitative estimate of drug-likeness (QED) is 0.484. The standard InChI is InChI=1S/C12H13BrO3/c1-3-16-12(14)8-11(15-2)9-5-4-6-10(13)7-9/h4-8H,3H2,1-2H3/b11-8+. The van der Waals surface area contributed by atoms with Crippen molar-refractivity contribution >= 4 is 27.7 Å². The zero-order chi connectivity index (χ0) is 12.0. The van der Waals surface area contributed by atoms with Crippen LogP contribution in [0.2, 0.25) is 0 Å². The zero-order valence-corrected chi connectivity index (χ0v) is 10.8. The molecular weight excluding hydrogens is 272 g/mol. The molecule has 0 aliphatic heterocycles. The average Bonchev–Trinajstić information content (AvgIpc) is 2.26. The lowest BCUT2D eigenvalue weighted by Crippen LogP contribution is -2.01. The van der Waals surface area contributed by atoms with Crippen LogP contribution in [0.4, 0.5) is 0 Å². The smallest absolute Gasteiger partial charge is 0.334 e. The summed E-state index contributed by atoms with van der Waals surface area (Å²) in [6.45, 7) is 2.11. The number of hydrogen-bond acceptors (Lipinski definition) is 3. The Kier molecular flexibility index (Phi) is 5.05. The van der Waals surface area contributed by atoms with Crippen molar-refractivity contribution in [1.82, 2.24) is 0 Å². The molecule has 0 saturated heterocycles. The molecule has 0 aliphatic carbocycles. The minimum absolute atomic E-state index is 0.352. The van der Waals surface area contributed by atoms with Crippen molar-refractivity contribution in [2.75, 3.05) is 13.7 Å². The molecule has 0 heterocycles. The van der Waals surface area contributed by atoms with Crippen LogP contribution < -0.4 is 0 Å². The van der Waals surface area contributed by atoms with Crippen LogP contribution in [0, 0.1) is 0 Å². The molecule has 0 bridgehead atoms. The Balaban J connectivity index is 2.94. The van der Waals surface area contributed by atoms with Gasteiger partial charge in [-0.1, -0.05) is 28.1 Å². The number of carbonyl (C=O) groups is 1. The highest BCUT2D eigenvalue weighted by Gasteiger charge is 2.05. The lowest BCUT2D eigenvalue weighted by Gasteiger charge is -2.06. The first-order valence-electron chi connectivity index (χ1n) is 4.85. The number of hydrogen-bond donors (Lipinski definition) is 0. The van der Waals surface area contributed by atoms with Crippen molar-refractivity contribution < 1.29 is 14.3 Å². The van der Waals surface area contributed by atoms with Crippen LogP contribution in [-0.4, -0.2) is 19.7 Å². The van der Waals surface area contributed by atoms with Crippen LogP contribution in [0.1, 0.15) is 12.5 Å². The summed E-state index contributed by atoms with van der Waals surface area (Å²) in [5.74, 6) is 0.0825. The van der Waals surface area contributed by atoms with E-state index in [-0.39, 0.29) is 0 Å². The minimum Gasteiger partial charge on any atom is -0.496 e.